The Labute approximate surface area is 165 Å². The van der Waals surface area contributed by atoms with E-state index in [-0.39, 0.29) is 24.5 Å². The van der Waals surface area contributed by atoms with Gasteiger partial charge >= 0.3 is 6.18 Å². The summed E-state index contributed by atoms with van der Waals surface area (Å²) in [6, 6.07) is 2.11. The van der Waals surface area contributed by atoms with Gasteiger partial charge in [0.15, 0.2) is 0 Å². The molecule has 3 aliphatic carbocycles. The molecule has 0 aromatic heterocycles. The van der Waals surface area contributed by atoms with Crippen LogP contribution in [-0.2, 0) is 10.0 Å². The zero-order valence-electron chi connectivity index (χ0n) is 15.5. The van der Waals surface area contributed by atoms with E-state index in [4.69, 9.17) is 4.74 Å². The number of amides is 1. The van der Waals surface area contributed by atoms with Crippen molar-refractivity contribution >= 4 is 15.9 Å². The number of benzene rings is 1. The van der Waals surface area contributed by atoms with Crippen LogP contribution in [0.5, 0.6) is 5.75 Å². The smallest absolute Gasteiger partial charge is 0.397 e. The molecule has 10 heteroatoms. The number of carbonyl (C=O) groups excluding carboxylic acids is 1. The van der Waals surface area contributed by atoms with Crippen molar-refractivity contribution in [3.63, 3.8) is 0 Å². The van der Waals surface area contributed by atoms with Crippen LogP contribution in [0, 0.1) is 11.2 Å². The van der Waals surface area contributed by atoms with Crippen LogP contribution in [0.3, 0.4) is 0 Å². The van der Waals surface area contributed by atoms with Gasteiger partial charge in [0.2, 0.25) is 10.0 Å². The first-order valence-corrected chi connectivity index (χ1v) is 11.2. The molecule has 3 aliphatic rings. The summed E-state index contributed by atoms with van der Waals surface area (Å²) < 4.78 is 85.8. The number of nitrogens with one attached hydrogen (secondary N) is 1. The lowest BCUT2D eigenvalue weighted by molar-refractivity contribution is -0.259. The summed E-state index contributed by atoms with van der Waals surface area (Å²) in [5, 5.41) is -0.638. The van der Waals surface area contributed by atoms with Crippen LogP contribution in [0.1, 0.15) is 66.8 Å². The topological polar surface area (TPSA) is 72.5 Å². The molecule has 5 nitrogen and oxygen atoms in total. The average Bonchev–Trinajstić information content (AvgIpc) is 3.44. The van der Waals surface area contributed by atoms with Crippen molar-refractivity contribution in [3.8, 4) is 5.75 Å². The van der Waals surface area contributed by atoms with E-state index in [1.807, 2.05) is 4.72 Å². The van der Waals surface area contributed by atoms with Crippen LogP contribution < -0.4 is 9.46 Å². The highest BCUT2D eigenvalue weighted by Gasteiger charge is 2.59. The van der Waals surface area contributed by atoms with Gasteiger partial charge in [-0.25, -0.2) is 17.5 Å². The molecule has 0 atom stereocenters. The highest BCUT2D eigenvalue weighted by molar-refractivity contribution is 7.91. The molecule has 0 aliphatic heterocycles. The van der Waals surface area contributed by atoms with Crippen molar-refractivity contribution in [1.82, 2.24) is 4.72 Å². The van der Waals surface area contributed by atoms with Gasteiger partial charge in [0.05, 0.1) is 16.2 Å². The number of carbonyl (C=O) groups is 1. The summed E-state index contributed by atoms with van der Waals surface area (Å²) in [6.45, 7) is -0.600. The summed E-state index contributed by atoms with van der Waals surface area (Å²) in [5.74, 6) is -2.15. The van der Waals surface area contributed by atoms with Gasteiger partial charge in [-0.15, -0.1) is 0 Å². The summed E-state index contributed by atoms with van der Waals surface area (Å²) in [6.07, 6.45) is -1.61. The molecular weight excluding hydrogens is 414 g/mol. The molecule has 3 saturated carbocycles. The van der Waals surface area contributed by atoms with Crippen molar-refractivity contribution < 1.29 is 35.5 Å². The fraction of sp³-hybridized carbons (Fsp3) is 0.632. The average molecular weight is 435 g/mol. The number of hydrogen-bond donors (Lipinski definition) is 1. The lowest BCUT2D eigenvalue weighted by atomic mass is 9.69. The van der Waals surface area contributed by atoms with Gasteiger partial charge in [0.1, 0.15) is 18.2 Å². The summed E-state index contributed by atoms with van der Waals surface area (Å²) >= 11 is 0. The van der Waals surface area contributed by atoms with E-state index in [1.54, 1.807) is 0 Å². The molecule has 0 spiro atoms. The Morgan fingerprint density at radius 3 is 2.31 bits per heavy atom. The molecule has 160 valence electrons. The van der Waals surface area contributed by atoms with Gasteiger partial charge in [0.25, 0.3) is 5.91 Å². The van der Waals surface area contributed by atoms with E-state index in [9.17, 15) is 30.8 Å². The number of halogens is 4. The molecule has 0 unspecified atom stereocenters. The Hall–Kier alpha value is -1.84. The SMILES string of the molecule is O=C(NS(=O)(=O)C1CC1)c1cc(C2CC2)c(OCC2(C(F)(F)F)CCC2)cc1F. The third-order valence-electron chi connectivity index (χ3n) is 5.98. The molecule has 1 aromatic rings. The summed E-state index contributed by atoms with van der Waals surface area (Å²) in [7, 11) is -3.84. The number of hydrogen-bond acceptors (Lipinski definition) is 4. The summed E-state index contributed by atoms with van der Waals surface area (Å²) in [5.41, 5.74) is -1.92. The molecule has 0 radical (unpaired) electrons. The molecule has 4 rings (SSSR count). The van der Waals surface area contributed by atoms with Crippen LogP contribution in [0.2, 0.25) is 0 Å². The Bertz CT molecular complexity index is 932. The van der Waals surface area contributed by atoms with Gasteiger partial charge in [0, 0.05) is 6.07 Å². The second-order valence-electron chi connectivity index (χ2n) is 8.24. The van der Waals surface area contributed by atoms with Crippen LogP contribution in [-0.4, -0.2) is 32.4 Å². The normalized spacial score (nSPS) is 21.4. The van der Waals surface area contributed by atoms with Gasteiger partial charge < -0.3 is 4.74 Å². The van der Waals surface area contributed by atoms with Crippen molar-refractivity contribution in [2.45, 2.75) is 62.3 Å². The third kappa shape index (κ3) is 3.95. The van der Waals surface area contributed by atoms with Crippen LogP contribution in [0.15, 0.2) is 12.1 Å². The molecule has 0 bridgehead atoms. The lowest BCUT2D eigenvalue weighted by Crippen LogP contribution is -2.48. The Morgan fingerprint density at radius 1 is 1.17 bits per heavy atom. The van der Waals surface area contributed by atoms with E-state index in [0.717, 1.165) is 18.9 Å². The van der Waals surface area contributed by atoms with E-state index in [0.29, 0.717) is 24.8 Å². The van der Waals surface area contributed by atoms with Gasteiger partial charge in [-0.05, 0) is 56.1 Å². The maximum absolute atomic E-state index is 14.5. The van der Waals surface area contributed by atoms with Gasteiger partial charge in [-0.3, -0.25) is 4.79 Å². The first kappa shape index (κ1) is 20.4. The fourth-order valence-corrected chi connectivity index (χ4v) is 4.85. The summed E-state index contributed by atoms with van der Waals surface area (Å²) in [4.78, 5) is 12.3. The van der Waals surface area contributed by atoms with E-state index >= 15 is 0 Å². The standard InChI is InChI=1S/C19H21F4NO4S/c20-15-9-16(28-10-18(6-1-7-18)19(21,22)23)13(11-2-3-11)8-14(15)17(25)24-29(26,27)12-4-5-12/h8-9,11-12H,1-7,10H2,(H,24,25). The predicted octanol–water partition coefficient (Wildman–Crippen LogP) is 4.04. The van der Waals surface area contributed by atoms with Crippen molar-refractivity contribution in [2.75, 3.05) is 6.61 Å². The number of sulfonamides is 1. The Morgan fingerprint density at radius 2 is 1.83 bits per heavy atom. The molecule has 3 fully saturated rings. The van der Waals surface area contributed by atoms with Gasteiger partial charge in [-0.2, -0.15) is 13.2 Å². The van der Waals surface area contributed by atoms with Crippen molar-refractivity contribution in [1.29, 1.82) is 0 Å². The zero-order chi connectivity index (χ0) is 21.0. The second kappa shape index (κ2) is 6.85. The number of ether oxygens (including phenoxy) is 1. The fourth-order valence-electron chi connectivity index (χ4n) is 3.56. The van der Waals surface area contributed by atoms with E-state index in [1.165, 1.54) is 6.07 Å². The van der Waals surface area contributed by atoms with Crippen LogP contribution in [0.4, 0.5) is 17.6 Å². The molecule has 0 heterocycles. The predicted molar refractivity (Wildman–Crippen MR) is 95.6 cm³/mol. The van der Waals surface area contributed by atoms with Crippen molar-refractivity contribution in [2.24, 2.45) is 5.41 Å². The highest BCUT2D eigenvalue weighted by Crippen LogP contribution is 2.53. The maximum atomic E-state index is 14.5. The Balaban J connectivity index is 1.56. The molecule has 0 saturated heterocycles. The molecule has 1 amide bonds. The maximum Gasteiger partial charge on any atom is 0.397 e. The minimum absolute atomic E-state index is 0.0119. The van der Waals surface area contributed by atoms with Crippen LogP contribution in [0.25, 0.3) is 0 Å². The second-order valence-corrected chi connectivity index (χ2v) is 10.2. The number of alkyl halides is 3. The van der Waals surface area contributed by atoms with E-state index in [2.05, 4.69) is 0 Å². The highest BCUT2D eigenvalue weighted by atomic mass is 32.2. The van der Waals surface area contributed by atoms with E-state index < -0.39 is 50.8 Å². The first-order valence-electron chi connectivity index (χ1n) is 9.61. The molecule has 29 heavy (non-hydrogen) atoms. The minimum Gasteiger partial charge on any atom is -0.492 e. The minimum atomic E-state index is -4.40. The largest absolute Gasteiger partial charge is 0.492 e. The zero-order valence-corrected chi connectivity index (χ0v) is 16.3. The number of rotatable bonds is 7. The third-order valence-corrected chi connectivity index (χ3v) is 7.79. The molecular formula is C19H21F4NO4S. The van der Waals surface area contributed by atoms with Gasteiger partial charge in [-0.1, -0.05) is 6.42 Å². The Kier molecular flexibility index (Phi) is 4.83. The monoisotopic (exact) mass is 435 g/mol. The first-order chi connectivity index (χ1) is 13.5. The van der Waals surface area contributed by atoms with Crippen LogP contribution >= 0.6 is 0 Å². The lowest BCUT2D eigenvalue weighted by Gasteiger charge is -2.42. The molecule has 1 N–H and O–H groups in total. The van der Waals surface area contributed by atoms with Crippen molar-refractivity contribution in [3.05, 3.63) is 29.1 Å². The quantitative estimate of drug-likeness (QED) is 0.657. The molecule has 1 aromatic carbocycles.